The molecule has 2 saturated heterocycles. The quantitative estimate of drug-likeness (QED) is 0.861. The summed E-state index contributed by atoms with van der Waals surface area (Å²) < 4.78 is 27.3. The van der Waals surface area contributed by atoms with Crippen molar-refractivity contribution in [3.05, 3.63) is 30.3 Å². The molecule has 1 aromatic carbocycles. The maximum Gasteiger partial charge on any atom is 0.243 e. The van der Waals surface area contributed by atoms with Crippen molar-refractivity contribution in [2.75, 3.05) is 6.26 Å². The molecular weight excluding hydrogens is 278 g/mol. The highest BCUT2D eigenvalue weighted by Crippen LogP contribution is 2.42. The number of hydrogen-bond donors (Lipinski definition) is 0. The van der Waals surface area contributed by atoms with Crippen molar-refractivity contribution in [1.82, 2.24) is 4.31 Å². The lowest BCUT2D eigenvalue weighted by atomic mass is 10.1. The summed E-state index contributed by atoms with van der Waals surface area (Å²) in [5, 5.41) is 0.625. The molecule has 2 aliphatic heterocycles. The van der Waals surface area contributed by atoms with Gasteiger partial charge in [0.15, 0.2) is 0 Å². The van der Waals surface area contributed by atoms with E-state index in [1.807, 2.05) is 17.8 Å². The fraction of sp³-hybridized carbons (Fsp3) is 0.571. The van der Waals surface area contributed by atoms with Gasteiger partial charge in [0.1, 0.15) is 0 Å². The van der Waals surface area contributed by atoms with E-state index in [4.69, 9.17) is 0 Å². The summed E-state index contributed by atoms with van der Waals surface area (Å²) in [7, 11) is -3.31. The number of fused-ring (bicyclic) bond motifs is 2. The van der Waals surface area contributed by atoms with Crippen LogP contribution in [0.25, 0.3) is 0 Å². The molecule has 104 valence electrons. The van der Waals surface area contributed by atoms with Crippen LogP contribution in [0.3, 0.4) is 0 Å². The second-order valence-corrected chi connectivity index (χ2v) is 8.34. The molecule has 0 aliphatic carbocycles. The third kappa shape index (κ3) is 2.32. The van der Waals surface area contributed by atoms with E-state index in [0.29, 0.717) is 10.1 Å². The average molecular weight is 297 g/mol. The Balaban J connectivity index is 1.92. The van der Waals surface area contributed by atoms with Crippen LogP contribution >= 0.6 is 11.8 Å². The number of thioether (sulfide) groups is 1. The van der Waals surface area contributed by atoms with Crippen molar-refractivity contribution < 1.29 is 8.42 Å². The van der Waals surface area contributed by atoms with Gasteiger partial charge >= 0.3 is 0 Å². The number of hydrogen-bond acceptors (Lipinski definition) is 3. The molecule has 0 amide bonds. The first kappa shape index (κ1) is 13.5. The Morgan fingerprint density at radius 1 is 1.11 bits per heavy atom. The predicted octanol–water partition coefficient (Wildman–Crippen LogP) is 2.73. The maximum atomic E-state index is 12.8. The number of benzene rings is 1. The first-order valence-corrected chi connectivity index (χ1v) is 9.47. The Morgan fingerprint density at radius 3 is 2.21 bits per heavy atom. The van der Waals surface area contributed by atoms with E-state index < -0.39 is 10.0 Å². The largest absolute Gasteiger partial charge is 0.243 e. The van der Waals surface area contributed by atoms with Gasteiger partial charge in [-0.1, -0.05) is 18.2 Å². The molecule has 1 aromatic rings. The second kappa shape index (κ2) is 5.11. The van der Waals surface area contributed by atoms with Gasteiger partial charge in [0.05, 0.1) is 4.90 Å². The predicted molar refractivity (Wildman–Crippen MR) is 78.8 cm³/mol. The van der Waals surface area contributed by atoms with Gasteiger partial charge in [0.25, 0.3) is 0 Å². The van der Waals surface area contributed by atoms with Gasteiger partial charge in [-0.25, -0.2) is 8.42 Å². The standard InChI is InChI=1S/C14H19NO2S2/c1-18-13-9-11-7-8-12(10-13)15(11)19(16,17)14-5-3-2-4-6-14/h2-6,11-13H,7-10H2,1H3. The van der Waals surface area contributed by atoms with E-state index in [-0.39, 0.29) is 12.1 Å². The Kier molecular flexibility index (Phi) is 3.62. The fourth-order valence-electron chi connectivity index (χ4n) is 3.38. The van der Waals surface area contributed by atoms with Gasteiger partial charge in [0.2, 0.25) is 10.0 Å². The molecule has 5 heteroatoms. The van der Waals surface area contributed by atoms with Gasteiger partial charge in [-0.15, -0.1) is 0 Å². The highest BCUT2D eigenvalue weighted by atomic mass is 32.2. The van der Waals surface area contributed by atoms with E-state index in [2.05, 4.69) is 6.26 Å². The molecular formula is C14H19NO2S2. The summed E-state index contributed by atoms with van der Waals surface area (Å²) in [6, 6.07) is 9.27. The van der Waals surface area contributed by atoms with Crippen LogP contribution < -0.4 is 0 Å². The molecule has 3 nitrogen and oxygen atoms in total. The number of piperidine rings is 1. The molecule has 0 radical (unpaired) electrons. The first-order valence-electron chi connectivity index (χ1n) is 6.74. The minimum Gasteiger partial charge on any atom is -0.207 e. The lowest BCUT2D eigenvalue weighted by Crippen LogP contribution is -2.47. The SMILES string of the molecule is CSC1CC2CCC(C1)N2S(=O)(=O)c1ccccc1. The Morgan fingerprint density at radius 2 is 1.68 bits per heavy atom. The highest BCUT2D eigenvalue weighted by Gasteiger charge is 2.46. The zero-order chi connectivity index (χ0) is 13.5. The summed E-state index contributed by atoms with van der Waals surface area (Å²) in [5.41, 5.74) is 0. The number of sulfonamides is 1. The molecule has 2 aliphatic rings. The third-order valence-electron chi connectivity index (χ3n) is 4.27. The maximum absolute atomic E-state index is 12.8. The zero-order valence-electron chi connectivity index (χ0n) is 11.0. The van der Waals surface area contributed by atoms with Crippen molar-refractivity contribution in [3.63, 3.8) is 0 Å². The summed E-state index contributed by atoms with van der Waals surface area (Å²) in [6.07, 6.45) is 6.18. The van der Waals surface area contributed by atoms with Crippen LogP contribution in [0.1, 0.15) is 25.7 Å². The van der Waals surface area contributed by atoms with Gasteiger partial charge in [-0.2, -0.15) is 16.1 Å². The van der Waals surface area contributed by atoms with E-state index in [1.54, 1.807) is 28.6 Å². The van der Waals surface area contributed by atoms with E-state index in [1.165, 1.54) is 0 Å². The second-order valence-electron chi connectivity index (χ2n) is 5.36. The van der Waals surface area contributed by atoms with Crippen LogP contribution in [0.15, 0.2) is 35.2 Å². The monoisotopic (exact) mass is 297 g/mol. The minimum absolute atomic E-state index is 0.210. The molecule has 19 heavy (non-hydrogen) atoms. The first-order chi connectivity index (χ1) is 9.13. The third-order valence-corrected chi connectivity index (χ3v) is 7.35. The molecule has 2 heterocycles. The summed E-state index contributed by atoms with van der Waals surface area (Å²) in [5.74, 6) is 0. The topological polar surface area (TPSA) is 37.4 Å². The average Bonchev–Trinajstić information content (AvgIpc) is 2.72. The van der Waals surface area contributed by atoms with Crippen LogP contribution in [0, 0.1) is 0 Å². The molecule has 2 bridgehead atoms. The van der Waals surface area contributed by atoms with E-state index in [0.717, 1.165) is 25.7 Å². The minimum atomic E-state index is -3.31. The number of nitrogens with zero attached hydrogens (tertiary/aromatic N) is 1. The van der Waals surface area contributed by atoms with Crippen molar-refractivity contribution >= 4 is 21.8 Å². The summed E-state index contributed by atoms with van der Waals surface area (Å²) in [4.78, 5) is 0.439. The molecule has 0 spiro atoms. The molecule has 0 saturated carbocycles. The molecule has 0 aromatic heterocycles. The Hall–Kier alpha value is -0.520. The van der Waals surface area contributed by atoms with Crippen LogP contribution in [0.2, 0.25) is 0 Å². The van der Waals surface area contributed by atoms with E-state index >= 15 is 0 Å². The molecule has 2 fully saturated rings. The lowest BCUT2D eigenvalue weighted by Gasteiger charge is -2.37. The summed E-state index contributed by atoms with van der Waals surface area (Å²) in [6.45, 7) is 0. The van der Waals surface area contributed by atoms with Gasteiger partial charge in [-0.05, 0) is 44.1 Å². The van der Waals surface area contributed by atoms with E-state index in [9.17, 15) is 8.42 Å². The normalized spacial score (nSPS) is 31.5. The van der Waals surface area contributed by atoms with Crippen LogP contribution in [-0.2, 0) is 10.0 Å². The van der Waals surface area contributed by atoms with Crippen molar-refractivity contribution in [2.45, 2.75) is 47.9 Å². The Bertz CT molecular complexity index is 530. The van der Waals surface area contributed by atoms with Gasteiger partial charge < -0.3 is 0 Å². The smallest absolute Gasteiger partial charge is 0.207 e. The van der Waals surface area contributed by atoms with Gasteiger partial charge in [0, 0.05) is 17.3 Å². The fourth-order valence-corrected chi connectivity index (χ4v) is 6.12. The van der Waals surface area contributed by atoms with Gasteiger partial charge in [-0.3, -0.25) is 0 Å². The Labute approximate surface area is 119 Å². The molecule has 2 unspecified atom stereocenters. The van der Waals surface area contributed by atoms with Crippen molar-refractivity contribution in [1.29, 1.82) is 0 Å². The van der Waals surface area contributed by atoms with Crippen molar-refractivity contribution in [2.24, 2.45) is 0 Å². The van der Waals surface area contributed by atoms with Crippen molar-refractivity contribution in [3.8, 4) is 0 Å². The summed E-state index contributed by atoms with van der Waals surface area (Å²) >= 11 is 1.88. The molecule has 3 rings (SSSR count). The molecule has 0 N–H and O–H groups in total. The van der Waals surface area contributed by atoms with Crippen LogP contribution in [-0.4, -0.2) is 36.3 Å². The van der Waals surface area contributed by atoms with Crippen LogP contribution in [0.5, 0.6) is 0 Å². The van der Waals surface area contributed by atoms with Crippen LogP contribution in [0.4, 0.5) is 0 Å². The highest BCUT2D eigenvalue weighted by molar-refractivity contribution is 7.99. The number of rotatable bonds is 3. The zero-order valence-corrected chi connectivity index (χ0v) is 12.7. The molecule has 2 atom stereocenters. The lowest BCUT2D eigenvalue weighted by molar-refractivity contribution is 0.253.